The number of hydrogen-bond acceptors (Lipinski definition) is 1. The van der Waals surface area contributed by atoms with Crippen LogP contribution in [0.25, 0.3) is 0 Å². The van der Waals surface area contributed by atoms with E-state index in [9.17, 15) is 0 Å². The van der Waals surface area contributed by atoms with Gasteiger partial charge >= 0.3 is 0 Å². The smallest absolute Gasteiger partial charge is 0.213 e. The second kappa shape index (κ2) is 3.10. The van der Waals surface area contributed by atoms with Gasteiger partial charge < -0.3 is 4.89 Å². The van der Waals surface area contributed by atoms with Gasteiger partial charge in [-0.05, 0) is 0 Å². The van der Waals surface area contributed by atoms with E-state index in [-0.39, 0.29) is 0 Å². The Bertz CT molecular complexity index is 105. The Morgan fingerprint density at radius 1 is 1.10 bits per heavy atom. The molecule has 0 unspecified atom stereocenters. The number of hydrogen-bond donors (Lipinski definition) is 1. The predicted octanol–water partition coefficient (Wildman–Crippen LogP) is 2.20. The Balaban J connectivity index is 2.24. The molecule has 1 N–H and O–H groups in total. The van der Waals surface area contributed by atoms with E-state index in [0.717, 1.165) is 6.85 Å². The molecular formula is C7H18BNSi. The van der Waals surface area contributed by atoms with E-state index < -0.39 is 8.24 Å². The minimum atomic E-state index is -0.972. The van der Waals surface area contributed by atoms with E-state index in [2.05, 4.69) is 24.5 Å². The Kier molecular flexibility index (Phi) is 2.58. The molecule has 0 aromatic heterocycles. The van der Waals surface area contributed by atoms with Crippen LogP contribution >= 0.6 is 0 Å². The van der Waals surface area contributed by atoms with Crippen molar-refractivity contribution in [2.45, 2.75) is 45.1 Å². The average Bonchev–Trinajstić information content (AvgIpc) is 2.12. The van der Waals surface area contributed by atoms with Crippen LogP contribution in [0.5, 0.6) is 0 Å². The van der Waals surface area contributed by atoms with E-state index in [0.29, 0.717) is 0 Å². The molecule has 10 heavy (non-hydrogen) atoms. The maximum atomic E-state index is 3.76. The van der Waals surface area contributed by atoms with Gasteiger partial charge in [0, 0.05) is 0 Å². The molecule has 0 bridgehead atoms. The molecule has 1 aliphatic rings. The van der Waals surface area contributed by atoms with Crippen LogP contribution in [-0.4, -0.2) is 15.1 Å². The lowest BCUT2D eigenvalue weighted by atomic mass is 9.63. The van der Waals surface area contributed by atoms with Gasteiger partial charge in [-0.15, -0.1) is 0 Å². The monoisotopic (exact) mass is 155 g/mol. The zero-order valence-electron chi connectivity index (χ0n) is 7.41. The van der Waals surface area contributed by atoms with Gasteiger partial charge in [-0.3, -0.25) is 0 Å². The summed E-state index contributed by atoms with van der Waals surface area (Å²) in [5.41, 5.74) is 0. The Morgan fingerprint density at radius 2 is 1.60 bits per heavy atom. The molecule has 1 saturated heterocycles. The third-order valence-corrected chi connectivity index (χ3v) is 3.27. The quantitative estimate of drug-likeness (QED) is 0.603. The van der Waals surface area contributed by atoms with Crippen LogP contribution in [0.4, 0.5) is 0 Å². The molecule has 0 aliphatic carbocycles. The molecule has 0 atom stereocenters. The van der Waals surface area contributed by atoms with Gasteiger partial charge in [-0.1, -0.05) is 45.1 Å². The van der Waals surface area contributed by atoms with Gasteiger partial charge in [-0.2, -0.15) is 0 Å². The van der Waals surface area contributed by atoms with E-state index in [4.69, 9.17) is 0 Å². The molecule has 0 amide bonds. The molecule has 1 heterocycles. The first kappa shape index (κ1) is 8.34. The molecule has 1 aliphatic heterocycles. The lowest BCUT2D eigenvalue weighted by molar-refractivity contribution is 0.935. The third-order valence-electron chi connectivity index (χ3n) is 1.99. The summed E-state index contributed by atoms with van der Waals surface area (Å²) in [6.45, 7) is 8.01. The molecule has 0 saturated carbocycles. The van der Waals surface area contributed by atoms with Gasteiger partial charge in [0.25, 0.3) is 0 Å². The summed E-state index contributed by atoms with van der Waals surface area (Å²) in [6, 6.07) is 0. The van der Waals surface area contributed by atoms with Crippen molar-refractivity contribution < 1.29 is 0 Å². The molecule has 58 valence electrons. The van der Waals surface area contributed by atoms with Crippen molar-refractivity contribution in [3.63, 3.8) is 0 Å². The highest BCUT2D eigenvalue weighted by atomic mass is 28.3. The maximum Gasteiger partial charge on any atom is 0.213 e. The van der Waals surface area contributed by atoms with E-state index in [1.54, 1.807) is 0 Å². The first-order valence-corrected chi connectivity index (χ1v) is 7.86. The molecular weight excluding hydrogens is 137 g/mol. The van der Waals surface area contributed by atoms with E-state index >= 15 is 0 Å². The fourth-order valence-corrected chi connectivity index (χ4v) is 3.20. The van der Waals surface area contributed by atoms with Crippen LogP contribution in [0.15, 0.2) is 0 Å². The predicted molar refractivity (Wildman–Crippen MR) is 51.1 cm³/mol. The topological polar surface area (TPSA) is 12.0 Å². The van der Waals surface area contributed by atoms with Crippen molar-refractivity contribution in [3.8, 4) is 0 Å². The standard InChI is InChI=1S/C7H18BNSi/c1-10(2,3)9-8-6-4-5-7-8/h9H,4-7H2,1-3H3. The third kappa shape index (κ3) is 2.88. The second-order valence-electron chi connectivity index (χ2n) is 4.38. The molecule has 0 spiro atoms. The van der Waals surface area contributed by atoms with E-state index in [1.807, 2.05) is 0 Å². The number of nitrogens with one attached hydrogen (secondary N) is 1. The minimum Gasteiger partial charge on any atom is -0.379 e. The first-order chi connectivity index (χ1) is 4.58. The SMILES string of the molecule is C[Si](C)(C)NB1CCCC1. The Labute approximate surface area is 65.8 Å². The summed E-state index contributed by atoms with van der Waals surface area (Å²) in [4.78, 5) is 3.76. The number of rotatable bonds is 2. The van der Waals surface area contributed by atoms with Crippen molar-refractivity contribution in [1.82, 2.24) is 4.89 Å². The average molecular weight is 155 g/mol. The zero-order chi connectivity index (χ0) is 7.61. The van der Waals surface area contributed by atoms with Gasteiger partial charge in [-0.25, -0.2) is 0 Å². The summed E-state index contributed by atoms with van der Waals surface area (Å²) in [5.74, 6) is 0. The van der Waals surface area contributed by atoms with Crippen LogP contribution in [0.2, 0.25) is 32.3 Å². The molecule has 3 heteroatoms. The van der Waals surface area contributed by atoms with Gasteiger partial charge in [0.15, 0.2) is 0 Å². The molecule has 0 aromatic rings. The molecule has 0 aromatic carbocycles. The van der Waals surface area contributed by atoms with Crippen molar-refractivity contribution in [1.29, 1.82) is 0 Å². The van der Waals surface area contributed by atoms with Crippen LogP contribution in [0.1, 0.15) is 12.8 Å². The van der Waals surface area contributed by atoms with Crippen LogP contribution < -0.4 is 4.89 Å². The van der Waals surface area contributed by atoms with Crippen LogP contribution in [0, 0.1) is 0 Å². The molecule has 1 nitrogen and oxygen atoms in total. The van der Waals surface area contributed by atoms with Crippen LogP contribution in [-0.2, 0) is 0 Å². The lowest BCUT2D eigenvalue weighted by Gasteiger charge is -2.21. The van der Waals surface area contributed by atoms with Crippen molar-refractivity contribution in [3.05, 3.63) is 0 Å². The molecule has 0 radical (unpaired) electrons. The van der Waals surface area contributed by atoms with Crippen molar-refractivity contribution >= 4 is 15.1 Å². The Hall–Kier alpha value is 0.242. The fraction of sp³-hybridized carbons (Fsp3) is 1.00. The normalized spacial score (nSPS) is 20.1. The van der Waals surface area contributed by atoms with Gasteiger partial charge in [0.1, 0.15) is 8.24 Å². The Morgan fingerprint density at radius 3 is 2.00 bits per heavy atom. The highest BCUT2D eigenvalue weighted by molar-refractivity contribution is 6.83. The lowest BCUT2D eigenvalue weighted by Crippen LogP contribution is -2.49. The summed E-state index contributed by atoms with van der Waals surface area (Å²) in [6.07, 6.45) is 5.73. The highest BCUT2D eigenvalue weighted by Gasteiger charge is 2.24. The van der Waals surface area contributed by atoms with E-state index in [1.165, 1.54) is 25.5 Å². The maximum absolute atomic E-state index is 3.76. The minimum absolute atomic E-state index is 0.867. The molecule has 1 rings (SSSR count). The van der Waals surface area contributed by atoms with Crippen molar-refractivity contribution in [2.24, 2.45) is 0 Å². The van der Waals surface area contributed by atoms with Gasteiger partial charge in [0.05, 0.1) is 0 Å². The summed E-state index contributed by atoms with van der Waals surface area (Å²) < 4.78 is 0. The fourth-order valence-electron chi connectivity index (χ4n) is 1.68. The summed E-state index contributed by atoms with van der Waals surface area (Å²) in [5, 5.41) is 0. The zero-order valence-corrected chi connectivity index (χ0v) is 8.41. The van der Waals surface area contributed by atoms with Crippen molar-refractivity contribution in [2.75, 3.05) is 0 Å². The van der Waals surface area contributed by atoms with Crippen LogP contribution in [0.3, 0.4) is 0 Å². The largest absolute Gasteiger partial charge is 0.379 e. The second-order valence-corrected chi connectivity index (χ2v) is 9.16. The highest BCUT2D eigenvalue weighted by Crippen LogP contribution is 2.18. The summed E-state index contributed by atoms with van der Waals surface area (Å²) in [7, 11) is -0.972. The molecule has 1 fully saturated rings. The van der Waals surface area contributed by atoms with Gasteiger partial charge in [0.2, 0.25) is 6.85 Å². The first-order valence-electron chi connectivity index (χ1n) is 4.36. The summed E-state index contributed by atoms with van der Waals surface area (Å²) >= 11 is 0.